The van der Waals surface area contributed by atoms with E-state index in [0.717, 1.165) is 0 Å². The second-order valence-corrected chi connectivity index (χ2v) is 2.44. The molecule has 0 aromatic carbocycles. The van der Waals surface area contributed by atoms with E-state index in [9.17, 15) is 4.79 Å². The van der Waals surface area contributed by atoms with Crippen molar-refractivity contribution in [1.82, 2.24) is 4.98 Å². The van der Waals surface area contributed by atoms with Gasteiger partial charge in [-0.15, -0.1) is 0 Å². The summed E-state index contributed by atoms with van der Waals surface area (Å²) in [6.07, 6.45) is 1.28. The van der Waals surface area contributed by atoms with Crippen molar-refractivity contribution in [3.05, 3.63) is 11.8 Å². The van der Waals surface area contributed by atoms with Crippen molar-refractivity contribution in [2.45, 2.75) is 0 Å². The van der Waals surface area contributed by atoms with Gasteiger partial charge in [-0.2, -0.15) is 0 Å². The minimum atomic E-state index is -1.20. The van der Waals surface area contributed by atoms with Gasteiger partial charge in [0.05, 0.1) is 26.1 Å². The van der Waals surface area contributed by atoms with Crippen LogP contribution in [0.5, 0.6) is 11.6 Å². The molecule has 0 aliphatic carbocycles. The van der Waals surface area contributed by atoms with Gasteiger partial charge in [0.2, 0.25) is 5.88 Å². The van der Waals surface area contributed by atoms with Crippen LogP contribution in [0.3, 0.4) is 0 Å². The van der Waals surface area contributed by atoms with Crippen molar-refractivity contribution < 1.29 is 19.4 Å². The molecule has 0 atom stereocenters. The van der Waals surface area contributed by atoms with Crippen LogP contribution < -0.4 is 15.2 Å². The fourth-order valence-corrected chi connectivity index (χ4v) is 1.06. The van der Waals surface area contributed by atoms with Crippen LogP contribution in [0, 0.1) is 0 Å². The molecule has 1 rings (SSSR count). The van der Waals surface area contributed by atoms with Crippen LogP contribution in [-0.4, -0.2) is 30.3 Å². The van der Waals surface area contributed by atoms with Crippen LogP contribution in [0.25, 0.3) is 0 Å². The molecule has 76 valence electrons. The third-order valence-electron chi connectivity index (χ3n) is 1.64. The first-order chi connectivity index (χ1) is 6.61. The number of ether oxygens (including phenoxy) is 2. The maximum absolute atomic E-state index is 10.9. The van der Waals surface area contributed by atoms with Crippen LogP contribution in [-0.2, 0) is 0 Å². The van der Waals surface area contributed by atoms with Gasteiger partial charge in [-0.1, -0.05) is 0 Å². The molecule has 0 bridgehead atoms. The summed E-state index contributed by atoms with van der Waals surface area (Å²) in [7, 11) is 2.65. The number of aromatic carboxylic acids is 1. The summed E-state index contributed by atoms with van der Waals surface area (Å²) in [5, 5.41) is 8.88. The van der Waals surface area contributed by atoms with E-state index >= 15 is 0 Å². The molecule has 0 radical (unpaired) electrons. The van der Waals surface area contributed by atoms with Crippen molar-refractivity contribution in [1.29, 1.82) is 0 Å². The lowest BCUT2D eigenvalue weighted by Gasteiger charge is -2.10. The third-order valence-corrected chi connectivity index (χ3v) is 1.64. The molecule has 14 heavy (non-hydrogen) atoms. The van der Waals surface area contributed by atoms with Crippen LogP contribution in [0.2, 0.25) is 0 Å². The number of pyridine rings is 1. The van der Waals surface area contributed by atoms with Gasteiger partial charge in [0.15, 0.2) is 11.3 Å². The standard InChI is InChI=1S/C8H10N2O4/c1-13-6-4(9)3-10-7(14-2)5(6)8(11)12/h3H,9H2,1-2H3,(H,11,12). The minimum absolute atomic E-state index is 0.0245. The van der Waals surface area contributed by atoms with Gasteiger partial charge in [0, 0.05) is 0 Å². The van der Waals surface area contributed by atoms with E-state index in [1.54, 1.807) is 0 Å². The zero-order valence-corrected chi connectivity index (χ0v) is 7.77. The van der Waals surface area contributed by atoms with E-state index in [0.29, 0.717) is 0 Å². The second-order valence-electron chi connectivity index (χ2n) is 2.44. The minimum Gasteiger partial charge on any atom is -0.493 e. The number of anilines is 1. The van der Waals surface area contributed by atoms with Gasteiger partial charge in [0.25, 0.3) is 0 Å². The predicted octanol–water partition coefficient (Wildman–Crippen LogP) is 0.379. The van der Waals surface area contributed by atoms with Crippen LogP contribution in [0.1, 0.15) is 10.4 Å². The topological polar surface area (TPSA) is 94.7 Å². The number of nitrogens with zero attached hydrogens (tertiary/aromatic N) is 1. The molecule has 0 unspecified atom stereocenters. The SMILES string of the molecule is COc1ncc(N)c(OC)c1C(=O)O. The van der Waals surface area contributed by atoms with Crippen LogP contribution in [0.15, 0.2) is 6.20 Å². The maximum Gasteiger partial charge on any atom is 0.345 e. The molecule has 1 heterocycles. The highest BCUT2D eigenvalue weighted by Gasteiger charge is 2.21. The van der Waals surface area contributed by atoms with Crippen LogP contribution in [0.4, 0.5) is 5.69 Å². The van der Waals surface area contributed by atoms with E-state index in [2.05, 4.69) is 4.98 Å². The Bertz CT molecular complexity index is 365. The highest BCUT2D eigenvalue weighted by Crippen LogP contribution is 2.31. The van der Waals surface area contributed by atoms with Crippen LogP contribution >= 0.6 is 0 Å². The molecule has 6 nitrogen and oxygen atoms in total. The Hall–Kier alpha value is -1.98. The van der Waals surface area contributed by atoms with Crippen molar-refractivity contribution in [2.24, 2.45) is 0 Å². The van der Waals surface area contributed by atoms with E-state index in [1.807, 2.05) is 0 Å². The summed E-state index contributed by atoms with van der Waals surface area (Å²) >= 11 is 0. The molecular formula is C8H10N2O4. The van der Waals surface area contributed by atoms with Gasteiger partial charge >= 0.3 is 5.97 Å². The number of hydrogen-bond acceptors (Lipinski definition) is 5. The average Bonchev–Trinajstić information content (AvgIpc) is 2.17. The summed E-state index contributed by atoms with van der Waals surface area (Å²) < 4.78 is 9.63. The maximum atomic E-state index is 10.9. The fourth-order valence-electron chi connectivity index (χ4n) is 1.06. The number of nitrogens with two attached hydrogens (primary N) is 1. The highest BCUT2D eigenvalue weighted by molar-refractivity contribution is 5.95. The van der Waals surface area contributed by atoms with Gasteiger partial charge in [-0.25, -0.2) is 9.78 Å². The molecule has 3 N–H and O–H groups in total. The molecule has 6 heteroatoms. The van der Waals surface area contributed by atoms with Crippen molar-refractivity contribution in [3.63, 3.8) is 0 Å². The summed E-state index contributed by atoms with van der Waals surface area (Å²) in [4.78, 5) is 14.6. The lowest BCUT2D eigenvalue weighted by Crippen LogP contribution is -2.07. The molecule has 0 aliphatic rings. The van der Waals surface area contributed by atoms with Crippen molar-refractivity contribution in [2.75, 3.05) is 20.0 Å². The molecule has 1 aromatic rings. The first kappa shape index (κ1) is 10.1. The largest absolute Gasteiger partial charge is 0.493 e. The second kappa shape index (κ2) is 3.82. The number of nitrogen functional groups attached to an aromatic ring is 1. The Morgan fingerprint density at radius 3 is 2.57 bits per heavy atom. The monoisotopic (exact) mass is 198 g/mol. The first-order valence-electron chi connectivity index (χ1n) is 3.71. The lowest BCUT2D eigenvalue weighted by molar-refractivity contribution is 0.0688. The highest BCUT2D eigenvalue weighted by atomic mass is 16.5. The fraction of sp³-hybridized carbons (Fsp3) is 0.250. The molecule has 1 aromatic heterocycles. The number of hydrogen-bond donors (Lipinski definition) is 2. The number of methoxy groups -OCH3 is 2. The Kier molecular flexibility index (Phi) is 2.76. The van der Waals surface area contributed by atoms with Crippen molar-refractivity contribution in [3.8, 4) is 11.6 Å². The summed E-state index contributed by atoms with van der Waals surface area (Å²) in [5.74, 6) is -1.16. The quantitative estimate of drug-likeness (QED) is 0.729. The summed E-state index contributed by atoms with van der Waals surface area (Å²) in [5.41, 5.74) is 5.47. The number of rotatable bonds is 3. The number of aromatic nitrogens is 1. The normalized spacial score (nSPS) is 9.57. The summed E-state index contributed by atoms with van der Waals surface area (Å²) in [6, 6.07) is 0. The van der Waals surface area contributed by atoms with E-state index in [4.69, 9.17) is 20.3 Å². The molecule has 0 fully saturated rings. The van der Waals surface area contributed by atoms with Crippen molar-refractivity contribution >= 4 is 11.7 Å². The number of carboxylic acid groups (broad SMARTS) is 1. The van der Waals surface area contributed by atoms with E-state index in [1.165, 1.54) is 20.4 Å². The van der Waals surface area contributed by atoms with Gasteiger partial charge < -0.3 is 20.3 Å². The van der Waals surface area contributed by atoms with E-state index < -0.39 is 5.97 Å². The Balaban J connectivity index is 3.43. The smallest absolute Gasteiger partial charge is 0.345 e. The zero-order valence-electron chi connectivity index (χ0n) is 7.77. The molecule has 0 saturated carbocycles. The Labute approximate surface area is 80.3 Å². The molecule has 0 saturated heterocycles. The average molecular weight is 198 g/mol. The van der Waals surface area contributed by atoms with Gasteiger partial charge in [-0.3, -0.25) is 0 Å². The zero-order chi connectivity index (χ0) is 10.7. The lowest BCUT2D eigenvalue weighted by atomic mass is 10.2. The Morgan fingerprint density at radius 1 is 1.50 bits per heavy atom. The molecule has 0 amide bonds. The molecular weight excluding hydrogens is 188 g/mol. The molecule has 0 spiro atoms. The Morgan fingerprint density at radius 2 is 2.14 bits per heavy atom. The first-order valence-corrected chi connectivity index (χ1v) is 3.71. The van der Waals surface area contributed by atoms with E-state index in [-0.39, 0.29) is 22.9 Å². The number of carbonyl (C=O) groups is 1. The summed E-state index contributed by atoms with van der Waals surface area (Å²) in [6.45, 7) is 0. The van der Waals surface area contributed by atoms with Gasteiger partial charge in [0.1, 0.15) is 0 Å². The van der Waals surface area contributed by atoms with Gasteiger partial charge in [-0.05, 0) is 0 Å². The number of carboxylic acids is 1. The molecule has 0 aliphatic heterocycles. The predicted molar refractivity (Wildman–Crippen MR) is 48.7 cm³/mol. The third kappa shape index (κ3) is 1.54.